The van der Waals surface area contributed by atoms with Crippen LogP contribution in [0.15, 0.2) is 41.3 Å². The van der Waals surface area contributed by atoms with Gasteiger partial charge in [0, 0.05) is 19.2 Å². The molecule has 0 bridgehead atoms. The Hall–Kier alpha value is -2.89. The Labute approximate surface area is 188 Å². The van der Waals surface area contributed by atoms with Gasteiger partial charge in [-0.15, -0.1) is 0 Å². The average Bonchev–Trinajstić information content (AvgIpc) is 2.84. The molecule has 0 atom stereocenters. The molecule has 0 saturated carbocycles. The first-order valence-corrected chi connectivity index (χ1v) is 12.3. The molecule has 0 N–H and O–H groups in total. The molecular weight excluding hydrogens is 428 g/mol. The summed E-state index contributed by atoms with van der Waals surface area (Å²) in [5.74, 6) is -0.255. The molecule has 1 aliphatic carbocycles. The maximum Gasteiger partial charge on any atom is 0.314 e. The highest BCUT2D eigenvalue weighted by molar-refractivity contribution is 7.89. The molecule has 1 saturated heterocycles. The van der Waals surface area contributed by atoms with Crippen molar-refractivity contribution in [2.45, 2.75) is 43.4 Å². The molecule has 0 aromatic heterocycles. The molecule has 4 rings (SSSR count). The molecule has 1 heterocycles. The molecule has 2 aliphatic rings. The zero-order chi connectivity index (χ0) is 22.7. The number of piperidine rings is 1. The van der Waals surface area contributed by atoms with Crippen LogP contribution in [0.3, 0.4) is 0 Å². The summed E-state index contributed by atoms with van der Waals surface area (Å²) in [5.41, 5.74) is 2.78. The van der Waals surface area contributed by atoms with E-state index in [0.717, 1.165) is 31.2 Å². The van der Waals surface area contributed by atoms with Crippen LogP contribution < -0.4 is 9.47 Å². The van der Waals surface area contributed by atoms with Gasteiger partial charge in [0.25, 0.3) is 0 Å². The van der Waals surface area contributed by atoms with Crippen molar-refractivity contribution in [3.63, 3.8) is 0 Å². The summed E-state index contributed by atoms with van der Waals surface area (Å²) in [6.07, 6.45) is 4.95. The lowest BCUT2D eigenvalue weighted by molar-refractivity contribution is -0.140. The number of nitriles is 1. The van der Waals surface area contributed by atoms with E-state index in [0.29, 0.717) is 29.1 Å². The van der Waals surface area contributed by atoms with Crippen molar-refractivity contribution >= 4 is 16.0 Å². The summed E-state index contributed by atoms with van der Waals surface area (Å²) < 4.78 is 38.5. The standard InChI is InChI=1S/C24H26N2O5S/c1-30-23-14-17(16-25)6-9-22(23)31-24(27)19-10-12-26(13-11-19)32(28,29)21-8-7-18-4-2-3-5-20(18)15-21/h6-9,14-15,19H,2-5,10-13H2,1H3. The Morgan fingerprint density at radius 1 is 1.03 bits per heavy atom. The topological polar surface area (TPSA) is 96.7 Å². The fourth-order valence-electron chi connectivity index (χ4n) is 4.36. The number of fused-ring (bicyclic) bond motifs is 1. The van der Waals surface area contributed by atoms with Crippen molar-refractivity contribution in [1.82, 2.24) is 4.31 Å². The molecular formula is C24H26N2O5S. The van der Waals surface area contributed by atoms with E-state index in [1.807, 2.05) is 18.2 Å². The lowest BCUT2D eigenvalue weighted by atomic mass is 9.92. The summed E-state index contributed by atoms with van der Waals surface area (Å²) in [5, 5.41) is 9.00. The molecule has 32 heavy (non-hydrogen) atoms. The Balaban J connectivity index is 1.40. The zero-order valence-corrected chi connectivity index (χ0v) is 18.9. The quantitative estimate of drug-likeness (QED) is 0.507. The van der Waals surface area contributed by atoms with Crippen LogP contribution in [0.4, 0.5) is 0 Å². The molecule has 0 radical (unpaired) electrons. The number of hydrogen-bond acceptors (Lipinski definition) is 6. The third-order valence-electron chi connectivity index (χ3n) is 6.25. The largest absolute Gasteiger partial charge is 0.493 e. The molecule has 8 heteroatoms. The summed E-state index contributed by atoms with van der Waals surface area (Å²) >= 11 is 0. The zero-order valence-electron chi connectivity index (χ0n) is 18.0. The number of aryl methyl sites for hydroxylation is 2. The van der Waals surface area contributed by atoms with Crippen LogP contribution in [0.25, 0.3) is 0 Å². The van der Waals surface area contributed by atoms with Crippen LogP contribution in [0, 0.1) is 17.2 Å². The Morgan fingerprint density at radius 2 is 1.75 bits per heavy atom. The van der Waals surface area contributed by atoms with Gasteiger partial charge in [0.2, 0.25) is 10.0 Å². The van der Waals surface area contributed by atoms with Gasteiger partial charge in [-0.05, 0) is 73.9 Å². The number of nitrogens with zero attached hydrogens (tertiary/aromatic N) is 2. The van der Waals surface area contributed by atoms with Crippen molar-refractivity contribution in [3.8, 4) is 17.6 Å². The lowest BCUT2D eigenvalue weighted by Crippen LogP contribution is -2.41. The number of ether oxygens (including phenoxy) is 2. The van der Waals surface area contributed by atoms with E-state index >= 15 is 0 Å². The third kappa shape index (κ3) is 4.50. The second-order valence-corrected chi connectivity index (χ2v) is 10.2. The minimum absolute atomic E-state index is 0.251. The Kier molecular flexibility index (Phi) is 6.49. The average molecular weight is 455 g/mol. The van der Waals surface area contributed by atoms with Crippen LogP contribution in [0.2, 0.25) is 0 Å². The highest BCUT2D eigenvalue weighted by Gasteiger charge is 2.33. The van der Waals surface area contributed by atoms with Crippen LogP contribution in [-0.4, -0.2) is 38.9 Å². The Morgan fingerprint density at radius 3 is 2.44 bits per heavy atom. The highest BCUT2D eigenvalue weighted by Crippen LogP contribution is 2.31. The number of carbonyl (C=O) groups is 1. The number of hydrogen-bond donors (Lipinski definition) is 0. The maximum absolute atomic E-state index is 13.2. The Bertz CT molecular complexity index is 1160. The van der Waals surface area contributed by atoms with E-state index < -0.39 is 21.9 Å². The first-order valence-electron chi connectivity index (χ1n) is 10.8. The van der Waals surface area contributed by atoms with Crippen molar-refractivity contribution in [1.29, 1.82) is 5.26 Å². The maximum atomic E-state index is 13.2. The van der Waals surface area contributed by atoms with Gasteiger partial charge < -0.3 is 9.47 Å². The molecule has 168 valence electrons. The molecule has 0 unspecified atom stereocenters. The number of methoxy groups -OCH3 is 1. The normalized spacial score (nSPS) is 17.2. The van der Waals surface area contributed by atoms with Crippen LogP contribution in [0.5, 0.6) is 11.5 Å². The molecule has 2 aromatic rings. The van der Waals surface area contributed by atoms with E-state index in [1.165, 1.54) is 29.1 Å². The predicted molar refractivity (Wildman–Crippen MR) is 118 cm³/mol. The lowest BCUT2D eigenvalue weighted by Gasteiger charge is -2.30. The van der Waals surface area contributed by atoms with Crippen LogP contribution in [-0.2, 0) is 27.7 Å². The van der Waals surface area contributed by atoms with Gasteiger partial charge in [-0.25, -0.2) is 8.42 Å². The number of benzene rings is 2. The van der Waals surface area contributed by atoms with Gasteiger partial charge in [-0.2, -0.15) is 9.57 Å². The number of sulfonamides is 1. The molecule has 2 aromatic carbocycles. The number of esters is 1. The summed E-state index contributed by atoms with van der Waals surface area (Å²) in [6, 6.07) is 12.1. The third-order valence-corrected chi connectivity index (χ3v) is 8.14. The predicted octanol–water partition coefficient (Wildman–Crippen LogP) is 3.45. The highest BCUT2D eigenvalue weighted by atomic mass is 32.2. The van der Waals surface area contributed by atoms with E-state index in [9.17, 15) is 13.2 Å². The molecule has 0 amide bonds. The fraction of sp³-hybridized carbons (Fsp3) is 0.417. The summed E-state index contributed by atoms with van der Waals surface area (Å²) in [4.78, 5) is 13.0. The number of rotatable bonds is 5. The smallest absolute Gasteiger partial charge is 0.314 e. The van der Waals surface area contributed by atoms with E-state index in [-0.39, 0.29) is 18.8 Å². The summed E-state index contributed by atoms with van der Waals surface area (Å²) in [6.45, 7) is 0.535. The van der Waals surface area contributed by atoms with E-state index in [2.05, 4.69) is 0 Å². The van der Waals surface area contributed by atoms with Crippen LogP contribution >= 0.6 is 0 Å². The summed E-state index contributed by atoms with van der Waals surface area (Å²) in [7, 11) is -2.15. The monoisotopic (exact) mass is 454 g/mol. The van der Waals surface area contributed by atoms with E-state index in [1.54, 1.807) is 12.1 Å². The minimum atomic E-state index is -3.59. The van der Waals surface area contributed by atoms with Gasteiger partial charge in [-0.1, -0.05) is 6.07 Å². The number of carbonyl (C=O) groups excluding carboxylic acids is 1. The SMILES string of the molecule is COc1cc(C#N)ccc1OC(=O)C1CCN(S(=O)(=O)c2ccc3c(c2)CCCC3)CC1. The van der Waals surface area contributed by atoms with Crippen LogP contribution in [0.1, 0.15) is 42.4 Å². The first kappa shape index (κ1) is 22.3. The second-order valence-electron chi connectivity index (χ2n) is 8.21. The van der Waals surface area contributed by atoms with Crippen molar-refractivity contribution in [2.75, 3.05) is 20.2 Å². The minimum Gasteiger partial charge on any atom is -0.493 e. The van der Waals surface area contributed by atoms with Crippen molar-refractivity contribution in [2.24, 2.45) is 5.92 Å². The van der Waals surface area contributed by atoms with E-state index in [4.69, 9.17) is 14.7 Å². The molecule has 1 aliphatic heterocycles. The second kappa shape index (κ2) is 9.31. The fourth-order valence-corrected chi connectivity index (χ4v) is 5.89. The van der Waals surface area contributed by atoms with Gasteiger partial charge in [0.05, 0.1) is 29.6 Å². The van der Waals surface area contributed by atoms with Crippen molar-refractivity contribution < 1.29 is 22.7 Å². The first-order chi connectivity index (χ1) is 15.4. The van der Waals surface area contributed by atoms with Gasteiger partial charge >= 0.3 is 5.97 Å². The molecule has 7 nitrogen and oxygen atoms in total. The van der Waals surface area contributed by atoms with Gasteiger partial charge in [-0.3, -0.25) is 4.79 Å². The van der Waals surface area contributed by atoms with Crippen molar-refractivity contribution in [3.05, 3.63) is 53.1 Å². The molecule has 1 fully saturated rings. The van der Waals surface area contributed by atoms with Gasteiger partial charge in [0.1, 0.15) is 0 Å². The molecule has 0 spiro atoms. The van der Waals surface area contributed by atoms with Gasteiger partial charge in [0.15, 0.2) is 11.5 Å².